The van der Waals surface area contributed by atoms with Crippen molar-refractivity contribution in [3.8, 4) is 0 Å². The molecule has 2 nitrogen and oxygen atoms in total. The maximum absolute atomic E-state index is 11.0. The first-order valence-electron chi connectivity index (χ1n) is 3.93. The number of methoxy groups -OCH3 is 1. The van der Waals surface area contributed by atoms with Crippen LogP contribution in [0, 0.1) is 11.8 Å². The first-order chi connectivity index (χ1) is 5.20. The molecule has 0 radical (unpaired) electrons. The van der Waals surface area contributed by atoms with Gasteiger partial charge < -0.3 is 4.74 Å². The Morgan fingerprint density at radius 3 is 2.73 bits per heavy atom. The largest absolute Gasteiger partial charge is 0.469 e. The van der Waals surface area contributed by atoms with Gasteiger partial charge in [0.25, 0.3) is 0 Å². The van der Waals surface area contributed by atoms with Crippen molar-refractivity contribution in [3.63, 3.8) is 0 Å². The monoisotopic (exact) mass is 154 g/mol. The van der Waals surface area contributed by atoms with E-state index in [2.05, 4.69) is 17.7 Å². The highest BCUT2D eigenvalue weighted by molar-refractivity contribution is 5.75. The lowest BCUT2D eigenvalue weighted by atomic mass is 9.70. The molecule has 2 heteroatoms. The van der Waals surface area contributed by atoms with Crippen molar-refractivity contribution in [2.24, 2.45) is 11.8 Å². The van der Waals surface area contributed by atoms with Crippen molar-refractivity contribution < 1.29 is 9.53 Å². The fourth-order valence-corrected chi connectivity index (χ4v) is 1.53. The minimum absolute atomic E-state index is 0.0666. The molecular formula is C9H14O2. The molecule has 0 unspecified atom stereocenters. The van der Waals surface area contributed by atoms with E-state index in [9.17, 15) is 4.79 Å². The average molecular weight is 154 g/mol. The summed E-state index contributed by atoms with van der Waals surface area (Å²) in [7, 11) is 1.45. The summed E-state index contributed by atoms with van der Waals surface area (Å²) in [6, 6.07) is 0. The minimum atomic E-state index is -0.0666. The molecule has 0 N–H and O–H groups in total. The Bertz CT molecular complexity index is 194. The van der Waals surface area contributed by atoms with Crippen LogP contribution in [0.1, 0.15) is 20.3 Å². The number of hydrogen-bond donors (Lipinski definition) is 0. The Morgan fingerprint density at radius 2 is 2.36 bits per heavy atom. The highest BCUT2D eigenvalue weighted by Gasteiger charge is 2.37. The third kappa shape index (κ3) is 1.30. The van der Waals surface area contributed by atoms with Gasteiger partial charge >= 0.3 is 5.97 Å². The van der Waals surface area contributed by atoms with Crippen LogP contribution in [0.2, 0.25) is 0 Å². The minimum Gasteiger partial charge on any atom is -0.469 e. The number of esters is 1. The van der Waals surface area contributed by atoms with Gasteiger partial charge in [0.15, 0.2) is 0 Å². The standard InChI is InChI=1S/C9H14O2/c1-4-7-5-8(6(7)2)9(10)11-3/h4,6,8H,5H2,1-3H3/b7-4+/t6-,8-/m0/s1. The van der Waals surface area contributed by atoms with E-state index in [-0.39, 0.29) is 11.9 Å². The Balaban J connectivity index is 2.51. The van der Waals surface area contributed by atoms with Crippen LogP contribution in [0.5, 0.6) is 0 Å². The molecule has 0 aliphatic heterocycles. The topological polar surface area (TPSA) is 26.3 Å². The molecule has 1 aliphatic carbocycles. The van der Waals surface area contributed by atoms with Crippen molar-refractivity contribution in [3.05, 3.63) is 11.6 Å². The zero-order valence-electron chi connectivity index (χ0n) is 7.26. The van der Waals surface area contributed by atoms with E-state index in [4.69, 9.17) is 0 Å². The lowest BCUT2D eigenvalue weighted by molar-refractivity contribution is -0.148. The average Bonchev–Trinajstić information content (AvgIpc) is 2.02. The molecule has 0 heterocycles. The van der Waals surface area contributed by atoms with E-state index in [1.165, 1.54) is 12.7 Å². The van der Waals surface area contributed by atoms with Gasteiger partial charge in [0.1, 0.15) is 0 Å². The molecule has 0 spiro atoms. The normalized spacial score (nSPS) is 33.2. The first-order valence-corrected chi connectivity index (χ1v) is 3.93. The van der Waals surface area contributed by atoms with Gasteiger partial charge in [-0.25, -0.2) is 0 Å². The summed E-state index contributed by atoms with van der Waals surface area (Å²) in [6.45, 7) is 4.08. The van der Waals surface area contributed by atoms with Crippen LogP contribution in [0.15, 0.2) is 11.6 Å². The van der Waals surface area contributed by atoms with Gasteiger partial charge in [-0.05, 0) is 19.3 Å². The molecule has 0 aromatic rings. The molecule has 0 aromatic heterocycles. The van der Waals surface area contributed by atoms with Crippen molar-refractivity contribution in [2.45, 2.75) is 20.3 Å². The van der Waals surface area contributed by atoms with Crippen LogP contribution >= 0.6 is 0 Å². The second-order valence-corrected chi connectivity index (χ2v) is 2.99. The summed E-state index contributed by atoms with van der Waals surface area (Å²) in [5.74, 6) is 0.446. The molecule has 1 fully saturated rings. The number of rotatable bonds is 1. The van der Waals surface area contributed by atoms with Gasteiger partial charge in [-0.15, -0.1) is 0 Å². The molecule has 1 saturated carbocycles. The number of allylic oxidation sites excluding steroid dienone is 2. The van der Waals surface area contributed by atoms with Crippen LogP contribution in [-0.2, 0) is 9.53 Å². The Morgan fingerprint density at radius 1 is 1.73 bits per heavy atom. The van der Waals surface area contributed by atoms with Crippen molar-refractivity contribution in [1.82, 2.24) is 0 Å². The summed E-state index contributed by atoms with van der Waals surface area (Å²) in [6.07, 6.45) is 2.98. The van der Waals surface area contributed by atoms with Gasteiger partial charge in [0.2, 0.25) is 0 Å². The summed E-state index contributed by atoms with van der Waals surface area (Å²) in [5, 5.41) is 0. The van der Waals surface area contributed by atoms with E-state index in [0.717, 1.165) is 6.42 Å². The third-order valence-electron chi connectivity index (χ3n) is 2.52. The predicted molar refractivity (Wildman–Crippen MR) is 43.0 cm³/mol. The molecule has 0 amide bonds. The molecule has 1 aliphatic rings. The number of carbonyl (C=O) groups excluding carboxylic acids is 1. The van der Waals surface area contributed by atoms with Crippen LogP contribution < -0.4 is 0 Å². The van der Waals surface area contributed by atoms with Gasteiger partial charge in [0, 0.05) is 0 Å². The SMILES string of the molecule is C/C=C1\C[C@H](C(=O)OC)[C@H]1C. The Kier molecular flexibility index (Phi) is 2.32. The van der Waals surface area contributed by atoms with E-state index < -0.39 is 0 Å². The van der Waals surface area contributed by atoms with Crippen LogP contribution in [0.25, 0.3) is 0 Å². The van der Waals surface area contributed by atoms with Gasteiger partial charge in [-0.2, -0.15) is 0 Å². The molecule has 11 heavy (non-hydrogen) atoms. The molecule has 0 bridgehead atoms. The summed E-state index contributed by atoms with van der Waals surface area (Å²) >= 11 is 0. The lowest BCUT2D eigenvalue weighted by Crippen LogP contribution is -2.34. The fourth-order valence-electron chi connectivity index (χ4n) is 1.53. The fraction of sp³-hybridized carbons (Fsp3) is 0.667. The number of carbonyl (C=O) groups is 1. The molecule has 1 rings (SSSR count). The van der Waals surface area contributed by atoms with Crippen LogP contribution in [0.4, 0.5) is 0 Å². The summed E-state index contributed by atoms with van der Waals surface area (Å²) < 4.78 is 4.65. The van der Waals surface area contributed by atoms with Crippen molar-refractivity contribution >= 4 is 5.97 Å². The predicted octanol–water partition coefficient (Wildman–Crippen LogP) is 1.76. The highest BCUT2D eigenvalue weighted by Crippen LogP contribution is 2.39. The van der Waals surface area contributed by atoms with E-state index in [0.29, 0.717) is 5.92 Å². The number of ether oxygens (including phenoxy) is 1. The van der Waals surface area contributed by atoms with Crippen LogP contribution in [-0.4, -0.2) is 13.1 Å². The van der Waals surface area contributed by atoms with Gasteiger partial charge in [0.05, 0.1) is 13.0 Å². The van der Waals surface area contributed by atoms with E-state index >= 15 is 0 Å². The molecule has 62 valence electrons. The maximum atomic E-state index is 11.0. The Labute approximate surface area is 67.2 Å². The summed E-state index contributed by atoms with van der Waals surface area (Å²) in [5.41, 5.74) is 1.38. The molecular weight excluding hydrogens is 140 g/mol. The van der Waals surface area contributed by atoms with Gasteiger partial charge in [-0.3, -0.25) is 4.79 Å². The zero-order chi connectivity index (χ0) is 8.43. The Hall–Kier alpha value is -0.790. The second kappa shape index (κ2) is 3.07. The number of hydrogen-bond acceptors (Lipinski definition) is 2. The summed E-state index contributed by atoms with van der Waals surface area (Å²) in [4.78, 5) is 11.0. The van der Waals surface area contributed by atoms with E-state index in [1.54, 1.807) is 0 Å². The first kappa shape index (κ1) is 8.31. The second-order valence-electron chi connectivity index (χ2n) is 2.99. The maximum Gasteiger partial charge on any atom is 0.309 e. The quantitative estimate of drug-likeness (QED) is 0.425. The zero-order valence-corrected chi connectivity index (χ0v) is 7.26. The smallest absolute Gasteiger partial charge is 0.309 e. The van der Waals surface area contributed by atoms with Gasteiger partial charge in [-0.1, -0.05) is 18.6 Å². The highest BCUT2D eigenvalue weighted by atomic mass is 16.5. The van der Waals surface area contributed by atoms with Crippen molar-refractivity contribution in [1.29, 1.82) is 0 Å². The van der Waals surface area contributed by atoms with E-state index in [1.807, 2.05) is 6.92 Å². The lowest BCUT2D eigenvalue weighted by Gasteiger charge is -2.34. The van der Waals surface area contributed by atoms with Crippen LogP contribution in [0.3, 0.4) is 0 Å². The third-order valence-corrected chi connectivity index (χ3v) is 2.52. The molecule has 0 aromatic carbocycles. The van der Waals surface area contributed by atoms with Crippen molar-refractivity contribution in [2.75, 3.05) is 7.11 Å². The molecule has 2 atom stereocenters. The molecule has 0 saturated heterocycles.